The average molecular weight is 247 g/mol. The molecule has 1 aliphatic carbocycles. The topological polar surface area (TPSA) is 59.6 Å². The Hall–Kier alpha value is -1.55. The van der Waals surface area contributed by atoms with E-state index < -0.39 is 0 Å². The molecule has 1 saturated carbocycles. The van der Waals surface area contributed by atoms with Crippen LogP contribution in [0.3, 0.4) is 0 Å². The van der Waals surface area contributed by atoms with Crippen LogP contribution in [0.1, 0.15) is 18.4 Å². The van der Waals surface area contributed by atoms with Crippen molar-refractivity contribution in [2.45, 2.75) is 19.8 Å². The van der Waals surface area contributed by atoms with Crippen molar-refractivity contribution in [2.75, 3.05) is 25.1 Å². The summed E-state index contributed by atoms with van der Waals surface area (Å²) in [6.07, 6.45) is 2.64. The van der Waals surface area contributed by atoms with Gasteiger partial charge in [0.15, 0.2) is 5.96 Å². The van der Waals surface area contributed by atoms with Gasteiger partial charge in [0, 0.05) is 12.3 Å². The number of guanidine groups is 1. The molecule has 0 heterocycles. The molecular weight excluding hydrogens is 226 g/mol. The van der Waals surface area contributed by atoms with Crippen molar-refractivity contribution in [3.05, 3.63) is 29.8 Å². The van der Waals surface area contributed by atoms with Crippen molar-refractivity contribution in [1.82, 2.24) is 0 Å². The minimum absolute atomic E-state index is 0.439. The fourth-order valence-corrected chi connectivity index (χ4v) is 1.59. The number of nitrogens with two attached hydrogens (primary N) is 1. The van der Waals surface area contributed by atoms with Crippen LogP contribution in [0.4, 0.5) is 5.69 Å². The number of anilines is 1. The van der Waals surface area contributed by atoms with Crippen LogP contribution >= 0.6 is 0 Å². The lowest BCUT2D eigenvalue weighted by molar-refractivity contribution is 0.132. The first-order valence-electron chi connectivity index (χ1n) is 6.45. The average Bonchev–Trinajstić information content (AvgIpc) is 3.16. The van der Waals surface area contributed by atoms with Crippen molar-refractivity contribution in [1.29, 1.82) is 0 Å². The number of aliphatic imine (C=N–C) groups is 1. The monoisotopic (exact) mass is 247 g/mol. The van der Waals surface area contributed by atoms with Gasteiger partial charge in [0.1, 0.15) is 0 Å². The Bertz CT molecular complexity index is 396. The highest BCUT2D eigenvalue weighted by molar-refractivity contribution is 5.92. The number of nitrogens with one attached hydrogen (secondary N) is 1. The van der Waals surface area contributed by atoms with E-state index in [1.165, 1.54) is 18.4 Å². The van der Waals surface area contributed by atoms with Crippen molar-refractivity contribution < 1.29 is 4.74 Å². The van der Waals surface area contributed by atoms with Crippen LogP contribution in [0.15, 0.2) is 29.3 Å². The Kier molecular flexibility index (Phi) is 4.59. The van der Waals surface area contributed by atoms with Crippen molar-refractivity contribution in [3.8, 4) is 0 Å². The van der Waals surface area contributed by atoms with Crippen LogP contribution in [-0.4, -0.2) is 25.7 Å². The molecule has 0 unspecified atom stereocenters. The summed E-state index contributed by atoms with van der Waals surface area (Å²) in [6.45, 7) is 4.18. The Labute approximate surface area is 108 Å². The Morgan fingerprint density at radius 2 is 2.11 bits per heavy atom. The molecule has 4 nitrogen and oxygen atoms in total. The summed E-state index contributed by atoms with van der Waals surface area (Å²) in [5.74, 6) is 1.24. The molecule has 1 aromatic carbocycles. The van der Waals surface area contributed by atoms with Crippen molar-refractivity contribution >= 4 is 11.6 Å². The second-order valence-corrected chi connectivity index (χ2v) is 4.78. The Balaban J connectivity index is 1.65. The number of nitrogens with zero attached hydrogens (tertiary/aromatic N) is 1. The zero-order valence-corrected chi connectivity index (χ0v) is 10.9. The maximum atomic E-state index is 5.78. The van der Waals surface area contributed by atoms with Crippen LogP contribution in [0.25, 0.3) is 0 Å². The summed E-state index contributed by atoms with van der Waals surface area (Å²) in [6, 6.07) is 8.05. The van der Waals surface area contributed by atoms with Gasteiger partial charge in [-0.15, -0.1) is 0 Å². The second-order valence-electron chi connectivity index (χ2n) is 4.78. The lowest BCUT2D eigenvalue weighted by Crippen LogP contribution is -2.23. The lowest BCUT2D eigenvalue weighted by atomic mass is 10.2. The van der Waals surface area contributed by atoms with Gasteiger partial charge in [0.25, 0.3) is 0 Å². The SMILES string of the molecule is Cc1ccc(NC(N)=NCCOCC2CC2)cc1. The van der Waals surface area contributed by atoms with Gasteiger partial charge in [0.05, 0.1) is 13.2 Å². The molecule has 1 aliphatic rings. The largest absolute Gasteiger partial charge is 0.379 e. The summed E-state index contributed by atoms with van der Waals surface area (Å²) in [4.78, 5) is 4.22. The van der Waals surface area contributed by atoms with E-state index in [0.717, 1.165) is 18.2 Å². The molecule has 0 saturated heterocycles. The zero-order valence-electron chi connectivity index (χ0n) is 10.9. The van der Waals surface area contributed by atoms with E-state index >= 15 is 0 Å². The highest BCUT2D eigenvalue weighted by Gasteiger charge is 2.20. The van der Waals surface area contributed by atoms with Crippen molar-refractivity contribution in [3.63, 3.8) is 0 Å². The molecule has 3 N–H and O–H groups in total. The molecule has 0 spiro atoms. The highest BCUT2D eigenvalue weighted by atomic mass is 16.5. The Morgan fingerprint density at radius 1 is 1.39 bits per heavy atom. The van der Waals surface area contributed by atoms with Gasteiger partial charge < -0.3 is 15.8 Å². The van der Waals surface area contributed by atoms with E-state index in [1.54, 1.807) is 0 Å². The highest BCUT2D eigenvalue weighted by Crippen LogP contribution is 2.28. The molecule has 0 radical (unpaired) electrons. The summed E-state index contributed by atoms with van der Waals surface area (Å²) in [7, 11) is 0. The predicted octanol–water partition coefficient (Wildman–Crippen LogP) is 2.15. The maximum absolute atomic E-state index is 5.78. The number of ether oxygens (including phenoxy) is 1. The summed E-state index contributed by atoms with van der Waals surface area (Å²) >= 11 is 0. The van der Waals surface area contributed by atoms with Gasteiger partial charge in [-0.05, 0) is 37.8 Å². The number of benzene rings is 1. The summed E-state index contributed by atoms with van der Waals surface area (Å²) < 4.78 is 5.48. The third kappa shape index (κ3) is 4.75. The van der Waals surface area contributed by atoms with Crippen LogP contribution in [0.5, 0.6) is 0 Å². The van der Waals surface area contributed by atoms with Gasteiger partial charge in [-0.3, -0.25) is 4.99 Å². The third-order valence-electron chi connectivity index (χ3n) is 2.89. The number of hydrogen-bond acceptors (Lipinski definition) is 2. The van der Waals surface area contributed by atoms with E-state index in [1.807, 2.05) is 24.3 Å². The smallest absolute Gasteiger partial charge is 0.193 e. The zero-order chi connectivity index (χ0) is 12.8. The molecule has 1 fully saturated rings. The molecule has 18 heavy (non-hydrogen) atoms. The molecule has 2 rings (SSSR count). The Morgan fingerprint density at radius 3 is 2.78 bits per heavy atom. The van der Waals surface area contributed by atoms with E-state index in [0.29, 0.717) is 19.1 Å². The number of hydrogen-bond donors (Lipinski definition) is 2. The minimum Gasteiger partial charge on any atom is -0.379 e. The summed E-state index contributed by atoms with van der Waals surface area (Å²) in [5, 5.41) is 3.05. The molecule has 0 atom stereocenters. The molecule has 0 aliphatic heterocycles. The first-order chi connectivity index (χ1) is 8.74. The molecule has 1 aromatic rings. The fourth-order valence-electron chi connectivity index (χ4n) is 1.59. The minimum atomic E-state index is 0.439. The van der Waals surface area contributed by atoms with E-state index in [9.17, 15) is 0 Å². The van der Waals surface area contributed by atoms with Crippen LogP contribution in [0, 0.1) is 12.8 Å². The maximum Gasteiger partial charge on any atom is 0.193 e. The first kappa shape index (κ1) is 12.9. The van der Waals surface area contributed by atoms with Gasteiger partial charge in [0.2, 0.25) is 0 Å². The van der Waals surface area contributed by atoms with Crippen molar-refractivity contribution in [2.24, 2.45) is 16.6 Å². The summed E-state index contributed by atoms with van der Waals surface area (Å²) in [5.41, 5.74) is 7.97. The van der Waals surface area contributed by atoms with Crippen LogP contribution < -0.4 is 11.1 Å². The van der Waals surface area contributed by atoms with E-state index in [2.05, 4.69) is 17.2 Å². The molecule has 4 heteroatoms. The number of rotatable bonds is 6. The van der Waals surface area contributed by atoms with E-state index in [-0.39, 0.29) is 0 Å². The molecular formula is C14H21N3O. The van der Waals surface area contributed by atoms with Gasteiger partial charge in [-0.1, -0.05) is 17.7 Å². The van der Waals surface area contributed by atoms with E-state index in [4.69, 9.17) is 10.5 Å². The molecule has 98 valence electrons. The van der Waals surface area contributed by atoms with Crippen LogP contribution in [0.2, 0.25) is 0 Å². The normalized spacial score (nSPS) is 15.7. The quantitative estimate of drug-likeness (QED) is 0.460. The lowest BCUT2D eigenvalue weighted by Gasteiger charge is -2.06. The number of aryl methyl sites for hydroxylation is 1. The van der Waals surface area contributed by atoms with Crippen LogP contribution in [-0.2, 0) is 4.74 Å². The second kappa shape index (κ2) is 6.40. The third-order valence-corrected chi connectivity index (χ3v) is 2.89. The fraction of sp³-hybridized carbons (Fsp3) is 0.500. The van der Waals surface area contributed by atoms with Gasteiger partial charge in [-0.25, -0.2) is 0 Å². The molecule has 0 aromatic heterocycles. The predicted molar refractivity (Wildman–Crippen MR) is 74.8 cm³/mol. The van der Waals surface area contributed by atoms with Gasteiger partial charge in [-0.2, -0.15) is 0 Å². The molecule has 0 bridgehead atoms. The first-order valence-corrected chi connectivity index (χ1v) is 6.45. The van der Waals surface area contributed by atoms with Gasteiger partial charge >= 0.3 is 0 Å². The standard InChI is InChI=1S/C14H21N3O/c1-11-2-6-13(7-3-11)17-14(15)16-8-9-18-10-12-4-5-12/h2-3,6-7,12H,4-5,8-10H2,1H3,(H3,15,16,17). The molecule has 0 amide bonds.